The fourth-order valence-electron chi connectivity index (χ4n) is 2.70. The summed E-state index contributed by atoms with van der Waals surface area (Å²) < 4.78 is 1.95. The van der Waals surface area contributed by atoms with Crippen LogP contribution in [0.1, 0.15) is 35.1 Å². The minimum atomic E-state index is -0.0551. The second kappa shape index (κ2) is 8.84. The zero-order valence-electron chi connectivity index (χ0n) is 16.1. The third-order valence-corrected chi connectivity index (χ3v) is 5.13. The molecule has 2 aromatic carbocycles. The molecule has 0 saturated carbocycles. The van der Waals surface area contributed by atoms with Crippen molar-refractivity contribution in [3.05, 3.63) is 65.5 Å². The number of aromatic nitrogens is 3. The van der Waals surface area contributed by atoms with Crippen molar-refractivity contribution >= 4 is 29.1 Å². The van der Waals surface area contributed by atoms with Crippen LogP contribution < -0.4 is 5.32 Å². The van der Waals surface area contributed by atoms with E-state index in [1.807, 2.05) is 36.6 Å². The Hall–Kier alpha value is -2.93. The van der Waals surface area contributed by atoms with Gasteiger partial charge in [-0.15, -0.1) is 10.2 Å². The van der Waals surface area contributed by atoms with E-state index in [1.54, 1.807) is 31.2 Å². The number of benzene rings is 2. The van der Waals surface area contributed by atoms with Crippen LogP contribution in [0.15, 0.2) is 53.7 Å². The van der Waals surface area contributed by atoms with Gasteiger partial charge >= 0.3 is 0 Å². The first-order valence-electron chi connectivity index (χ1n) is 9.03. The summed E-state index contributed by atoms with van der Waals surface area (Å²) >= 11 is 1.36. The second-order valence-corrected chi connectivity index (χ2v) is 7.34. The molecule has 6 nitrogen and oxygen atoms in total. The number of ketones is 1. The summed E-state index contributed by atoms with van der Waals surface area (Å²) in [6.45, 7) is 5.72. The summed E-state index contributed by atoms with van der Waals surface area (Å²) in [4.78, 5) is 24.0. The summed E-state index contributed by atoms with van der Waals surface area (Å²) in [5.41, 5.74) is 3.41. The van der Waals surface area contributed by atoms with Crippen LogP contribution in [0.2, 0.25) is 0 Å². The molecule has 0 aliphatic rings. The van der Waals surface area contributed by atoms with Crippen LogP contribution in [-0.2, 0) is 4.79 Å². The van der Waals surface area contributed by atoms with Gasteiger partial charge in [0.1, 0.15) is 5.82 Å². The van der Waals surface area contributed by atoms with E-state index in [0.717, 1.165) is 17.1 Å². The number of hydrogen-bond donors (Lipinski definition) is 1. The van der Waals surface area contributed by atoms with E-state index in [9.17, 15) is 9.59 Å². The standard InChI is InChI=1S/C21H22N4O2S/c1-4-20(27)22-17-10-8-16(9-11-17)19(26)13-28-21-24-23-15(3)25(21)18-7-5-6-14(2)12-18/h5-12H,4,13H2,1-3H3,(H,22,27). The van der Waals surface area contributed by atoms with Gasteiger partial charge in [0.2, 0.25) is 5.91 Å². The Balaban J connectivity index is 1.69. The summed E-state index contributed by atoms with van der Waals surface area (Å²) in [6.07, 6.45) is 0.415. The number of nitrogens with zero attached hydrogens (tertiary/aromatic N) is 3. The number of carbonyl (C=O) groups is 2. The predicted molar refractivity (Wildman–Crippen MR) is 111 cm³/mol. The van der Waals surface area contributed by atoms with Crippen LogP contribution in [0.5, 0.6) is 0 Å². The number of rotatable bonds is 7. The van der Waals surface area contributed by atoms with Crippen molar-refractivity contribution in [2.75, 3.05) is 11.1 Å². The quantitative estimate of drug-likeness (QED) is 0.480. The zero-order valence-corrected chi connectivity index (χ0v) is 16.9. The lowest BCUT2D eigenvalue weighted by atomic mass is 10.1. The van der Waals surface area contributed by atoms with Crippen molar-refractivity contribution < 1.29 is 9.59 Å². The average Bonchev–Trinajstić information content (AvgIpc) is 3.07. The molecule has 0 aliphatic heterocycles. The molecule has 3 rings (SSSR count). The first kappa shape index (κ1) is 19.8. The minimum absolute atomic E-state index is 0.00480. The fourth-order valence-corrected chi connectivity index (χ4v) is 3.60. The number of nitrogens with one attached hydrogen (secondary N) is 1. The molecule has 144 valence electrons. The summed E-state index contributed by atoms with van der Waals surface area (Å²) in [7, 11) is 0. The second-order valence-electron chi connectivity index (χ2n) is 6.40. The van der Waals surface area contributed by atoms with E-state index in [-0.39, 0.29) is 17.4 Å². The molecule has 0 spiro atoms. The molecular weight excluding hydrogens is 372 g/mol. The third-order valence-electron chi connectivity index (χ3n) is 4.20. The minimum Gasteiger partial charge on any atom is -0.326 e. The Morgan fingerprint density at radius 2 is 1.82 bits per heavy atom. The molecule has 0 saturated heterocycles. The van der Waals surface area contributed by atoms with Gasteiger partial charge in [-0.05, 0) is 55.8 Å². The highest BCUT2D eigenvalue weighted by atomic mass is 32.2. The molecule has 0 unspecified atom stereocenters. The fraction of sp³-hybridized carbons (Fsp3) is 0.238. The normalized spacial score (nSPS) is 10.7. The molecule has 0 fully saturated rings. The maximum Gasteiger partial charge on any atom is 0.224 e. The van der Waals surface area contributed by atoms with Crippen LogP contribution in [0.25, 0.3) is 5.69 Å². The average molecular weight is 395 g/mol. The lowest BCUT2D eigenvalue weighted by molar-refractivity contribution is -0.115. The van der Waals surface area contributed by atoms with Crippen molar-refractivity contribution in [3.8, 4) is 5.69 Å². The SMILES string of the molecule is CCC(=O)Nc1ccc(C(=O)CSc2nnc(C)n2-c2cccc(C)c2)cc1. The predicted octanol–water partition coefficient (Wildman–Crippen LogP) is 4.21. The van der Waals surface area contributed by atoms with Crippen molar-refractivity contribution in [2.45, 2.75) is 32.3 Å². The molecule has 0 atom stereocenters. The molecule has 0 bridgehead atoms. The van der Waals surface area contributed by atoms with Gasteiger partial charge in [0.15, 0.2) is 10.9 Å². The van der Waals surface area contributed by atoms with E-state index < -0.39 is 0 Å². The molecule has 3 aromatic rings. The van der Waals surface area contributed by atoms with E-state index >= 15 is 0 Å². The van der Waals surface area contributed by atoms with Gasteiger partial charge in [-0.25, -0.2) is 0 Å². The number of anilines is 1. The van der Waals surface area contributed by atoms with Crippen LogP contribution in [-0.4, -0.2) is 32.2 Å². The number of amides is 1. The van der Waals surface area contributed by atoms with Gasteiger partial charge in [-0.3, -0.25) is 14.2 Å². The largest absolute Gasteiger partial charge is 0.326 e. The van der Waals surface area contributed by atoms with E-state index in [1.165, 1.54) is 11.8 Å². The zero-order chi connectivity index (χ0) is 20.1. The van der Waals surface area contributed by atoms with Gasteiger partial charge in [-0.2, -0.15) is 0 Å². The molecule has 1 aromatic heterocycles. The third kappa shape index (κ3) is 4.67. The van der Waals surface area contributed by atoms with E-state index in [0.29, 0.717) is 22.8 Å². The van der Waals surface area contributed by atoms with Crippen molar-refractivity contribution in [2.24, 2.45) is 0 Å². The Labute approximate surface area is 168 Å². The Kier molecular flexibility index (Phi) is 6.26. The lowest BCUT2D eigenvalue weighted by Gasteiger charge is -2.09. The smallest absolute Gasteiger partial charge is 0.224 e. The Morgan fingerprint density at radius 1 is 1.07 bits per heavy atom. The van der Waals surface area contributed by atoms with Crippen molar-refractivity contribution in [3.63, 3.8) is 0 Å². The first-order chi connectivity index (χ1) is 13.5. The monoisotopic (exact) mass is 394 g/mol. The van der Waals surface area contributed by atoms with Crippen LogP contribution in [0, 0.1) is 13.8 Å². The number of Topliss-reactive ketones (excluding diaryl/α,β-unsaturated/α-hetero) is 1. The Bertz CT molecular complexity index is 996. The molecule has 1 heterocycles. The Morgan fingerprint density at radius 3 is 2.50 bits per heavy atom. The number of hydrogen-bond acceptors (Lipinski definition) is 5. The number of thioether (sulfide) groups is 1. The van der Waals surface area contributed by atoms with Crippen molar-refractivity contribution in [1.82, 2.24) is 14.8 Å². The highest BCUT2D eigenvalue weighted by molar-refractivity contribution is 7.99. The number of carbonyl (C=O) groups excluding carboxylic acids is 2. The van der Waals surface area contributed by atoms with Gasteiger partial charge in [0.05, 0.1) is 5.75 Å². The maximum absolute atomic E-state index is 12.6. The first-order valence-corrected chi connectivity index (χ1v) is 10.0. The summed E-state index contributed by atoms with van der Waals surface area (Å²) in [5.74, 6) is 0.969. The van der Waals surface area contributed by atoms with Crippen LogP contribution >= 0.6 is 11.8 Å². The highest BCUT2D eigenvalue weighted by Gasteiger charge is 2.14. The molecule has 0 aliphatic carbocycles. The van der Waals surface area contributed by atoms with Gasteiger partial charge in [-0.1, -0.05) is 30.8 Å². The van der Waals surface area contributed by atoms with E-state index in [2.05, 4.69) is 21.6 Å². The molecule has 28 heavy (non-hydrogen) atoms. The van der Waals surface area contributed by atoms with Gasteiger partial charge in [0.25, 0.3) is 0 Å². The van der Waals surface area contributed by atoms with Gasteiger partial charge in [0, 0.05) is 23.4 Å². The topological polar surface area (TPSA) is 76.9 Å². The molecular formula is C21H22N4O2S. The highest BCUT2D eigenvalue weighted by Crippen LogP contribution is 2.23. The summed E-state index contributed by atoms with van der Waals surface area (Å²) in [6, 6.07) is 15.0. The lowest BCUT2D eigenvalue weighted by Crippen LogP contribution is -2.10. The maximum atomic E-state index is 12.6. The van der Waals surface area contributed by atoms with E-state index in [4.69, 9.17) is 0 Å². The molecule has 1 N–H and O–H groups in total. The molecule has 1 amide bonds. The van der Waals surface area contributed by atoms with Crippen LogP contribution in [0.4, 0.5) is 5.69 Å². The van der Waals surface area contributed by atoms with Crippen LogP contribution in [0.3, 0.4) is 0 Å². The number of aryl methyl sites for hydroxylation is 2. The summed E-state index contributed by atoms with van der Waals surface area (Å²) in [5, 5.41) is 11.8. The molecule has 0 radical (unpaired) electrons. The molecule has 7 heteroatoms. The van der Waals surface area contributed by atoms with Gasteiger partial charge < -0.3 is 5.32 Å². The van der Waals surface area contributed by atoms with Crippen molar-refractivity contribution in [1.29, 1.82) is 0 Å².